The Morgan fingerprint density at radius 3 is 2.87 bits per heavy atom. The Hall–Kier alpha value is -1.73. The van der Waals surface area contributed by atoms with Gasteiger partial charge in [-0.1, -0.05) is 6.07 Å². The average molecular weight is 349 g/mol. The summed E-state index contributed by atoms with van der Waals surface area (Å²) >= 11 is 2.87. The number of hydrogen-bond donors (Lipinski definition) is 1. The van der Waals surface area contributed by atoms with Crippen LogP contribution >= 0.6 is 22.7 Å². The van der Waals surface area contributed by atoms with Gasteiger partial charge in [0, 0.05) is 19.1 Å². The maximum atomic E-state index is 12.4. The second-order valence-corrected chi connectivity index (χ2v) is 7.84. The van der Waals surface area contributed by atoms with Crippen molar-refractivity contribution in [2.24, 2.45) is 0 Å². The fourth-order valence-electron chi connectivity index (χ4n) is 2.83. The van der Waals surface area contributed by atoms with Crippen LogP contribution in [0.2, 0.25) is 0 Å². The van der Waals surface area contributed by atoms with Gasteiger partial charge in [0.2, 0.25) is 0 Å². The molecule has 1 saturated heterocycles. The maximum Gasteiger partial charge on any atom is 0.263 e. The highest BCUT2D eigenvalue weighted by atomic mass is 32.1. The molecule has 122 valence electrons. The van der Waals surface area contributed by atoms with E-state index in [0.29, 0.717) is 11.4 Å². The van der Waals surface area contributed by atoms with Crippen LogP contribution < -0.4 is 5.32 Å². The summed E-state index contributed by atoms with van der Waals surface area (Å²) in [5.41, 5.74) is 0.771. The van der Waals surface area contributed by atoms with Crippen LogP contribution in [0.25, 0.3) is 0 Å². The molecule has 23 heavy (non-hydrogen) atoms. The highest BCUT2D eigenvalue weighted by Crippen LogP contribution is 2.20. The Balaban J connectivity index is 1.64. The number of carbonyl (C=O) groups is 2. The van der Waals surface area contributed by atoms with E-state index in [-0.39, 0.29) is 17.9 Å². The van der Waals surface area contributed by atoms with Gasteiger partial charge >= 0.3 is 0 Å². The fraction of sp³-hybridized carbons (Fsp3) is 0.438. The fourth-order valence-corrected chi connectivity index (χ4v) is 4.34. The van der Waals surface area contributed by atoms with Crippen molar-refractivity contribution >= 4 is 34.5 Å². The van der Waals surface area contributed by atoms with Gasteiger partial charge in [0.25, 0.3) is 11.8 Å². The largest absolute Gasteiger partial charge is 0.347 e. The molecule has 0 aliphatic carbocycles. The molecule has 0 bridgehead atoms. The lowest BCUT2D eigenvalue weighted by Gasteiger charge is -2.32. The molecule has 1 aliphatic rings. The summed E-state index contributed by atoms with van der Waals surface area (Å²) in [7, 11) is 0. The molecule has 0 unspecified atom stereocenters. The number of thiazole rings is 1. The molecule has 0 spiro atoms. The van der Waals surface area contributed by atoms with E-state index < -0.39 is 0 Å². The Kier molecular flexibility index (Phi) is 4.77. The molecular weight excluding hydrogens is 330 g/mol. The minimum Gasteiger partial charge on any atom is -0.347 e. The van der Waals surface area contributed by atoms with Crippen molar-refractivity contribution in [3.05, 3.63) is 38.0 Å². The molecule has 0 radical (unpaired) electrons. The summed E-state index contributed by atoms with van der Waals surface area (Å²) in [5.74, 6) is -0.0210. The van der Waals surface area contributed by atoms with Crippen LogP contribution in [0.4, 0.5) is 0 Å². The van der Waals surface area contributed by atoms with Crippen LogP contribution in [-0.4, -0.2) is 40.8 Å². The number of thiophene rings is 1. The smallest absolute Gasteiger partial charge is 0.263 e. The zero-order chi connectivity index (χ0) is 16.4. The summed E-state index contributed by atoms with van der Waals surface area (Å²) in [5, 5.41) is 5.86. The van der Waals surface area contributed by atoms with E-state index >= 15 is 0 Å². The minimum atomic E-state index is -0.0801. The van der Waals surface area contributed by atoms with E-state index in [9.17, 15) is 9.59 Å². The quantitative estimate of drug-likeness (QED) is 0.927. The molecule has 3 heterocycles. The van der Waals surface area contributed by atoms with Crippen molar-refractivity contribution in [1.82, 2.24) is 15.2 Å². The number of rotatable bonds is 3. The molecule has 7 heteroatoms. The zero-order valence-electron chi connectivity index (χ0n) is 13.2. The number of aryl methyl sites for hydroxylation is 2. The van der Waals surface area contributed by atoms with Gasteiger partial charge in [-0.2, -0.15) is 0 Å². The topological polar surface area (TPSA) is 62.3 Å². The third-order valence-electron chi connectivity index (χ3n) is 3.89. The summed E-state index contributed by atoms with van der Waals surface area (Å²) in [6, 6.07) is 3.73. The Morgan fingerprint density at radius 1 is 1.39 bits per heavy atom. The molecule has 0 saturated carbocycles. The molecule has 1 N–H and O–H groups in total. The molecule has 2 aromatic heterocycles. The second kappa shape index (κ2) is 6.80. The molecule has 2 aromatic rings. The molecule has 1 aliphatic heterocycles. The first-order valence-corrected chi connectivity index (χ1v) is 9.32. The third kappa shape index (κ3) is 3.61. The van der Waals surface area contributed by atoms with Crippen LogP contribution in [0.1, 0.15) is 42.9 Å². The number of piperidine rings is 1. The van der Waals surface area contributed by atoms with Crippen LogP contribution in [-0.2, 0) is 0 Å². The maximum absolute atomic E-state index is 12.4. The van der Waals surface area contributed by atoms with Crippen molar-refractivity contribution in [2.75, 3.05) is 13.1 Å². The van der Waals surface area contributed by atoms with Gasteiger partial charge in [-0.05, 0) is 38.1 Å². The lowest BCUT2D eigenvalue weighted by molar-refractivity contribution is 0.0680. The lowest BCUT2D eigenvalue weighted by atomic mass is 10.1. The number of hydrogen-bond acceptors (Lipinski definition) is 5. The van der Waals surface area contributed by atoms with Crippen molar-refractivity contribution in [2.45, 2.75) is 32.7 Å². The van der Waals surface area contributed by atoms with Crippen LogP contribution in [0.3, 0.4) is 0 Å². The van der Waals surface area contributed by atoms with E-state index in [1.165, 1.54) is 22.7 Å². The van der Waals surface area contributed by atoms with E-state index in [2.05, 4.69) is 10.3 Å². The van der Waals surface area contributed by atoms with Crippen molar-refractivity contribution in [3.63, 3.8) is 0 Å². The summed E-state index contributed by atoms with van der Waals surface area (Å²) in [4.78, 5) is 32.4. The average Bonchev–Trinajstić information content (AvgIpc) is 3.16. The highest BCUT2D eigenvalue weighted by Gasteiger charge is 2.27. The van der Waals surface area contributed by atoms with Gasteiger partial charge in [0.05, 0.1) is 15.6 Å². The third-order valence-corrected chi connectivity index (χ3v) is 5.82. The number of amides is 2. The molecule has 2 amide bonds. The van der Waals surface area contributed by atoms with Crippen LogP contribution in [0, 0.1) is 13.8 Å². The number of aromatic nitrogens is 1. The van der Waals surface area contributed by atoms with Gasteiger partial charge in [-0.25, -0.2) is 4.98 Å². The molecular formula is C16H19N3O2S2. The van der Waals surface area contributed by atoms with E-state index in [1.54, 1.807) is 0 Å². The van der Waals surface area contributed by atoms with Crippen molar-refractivity contribution in [3.8, 4) is 0 Å². The standard InChI is InChI=1S/C16H19N3O2S2/c1-10-14(23-11(2)17-10)15(20)18-12-5-3-7-19(9-12)16(21)13-6-4-8-22-13/h4,6,8,12H,3,5,7,9H2,1-2H3,(H,18,20)/t12-/m1/s1. The SMILES string of the molecule is Cc1nc(C)c(C(=O)N[C@@H]2CCCN(C(=O)c3cccs3)C2)s1. The molecule has 1 atom stereocenters. The van der Waals surface area contributed by atoms with Gasteiger partial charge in [-0.15, -0.1) is 22.7 Å². The van der Waals surface area contributed by atoms with E-state index in [1.807, 2.05) is 36.3 Å². The van der Waals surface area contributed by atoms with Crippen molar-refractivity contribution < 1.29 is 9.59 Å². The van der Waals surface area contributed by atoms with E-state index in [4.69, 9.17) is 0 Å². The van der Waals surface area contributed by atoms with Crippen LogP contribution in [0.15, 0.2) is 17.5 Å². The minimum absolute atomic E-state index is 0.00182. The van der Waals surface area contributed by atoms with E-state index in [0.717, 1.165) is 35.0 Å². The molecule has 5 nitrogen and oxygen atoms in total. The number of nitrogens with one attached hydrogen (secondary N) is 1. The van der Waals surface area contributed by atoms with Gasteiger partial charge in [-0.3, -0.25) is 9.59 Å². The summed E-state index contributed by atoms with van der Waals surface area (Å²) in [6.07, 6.45) is 1.81. The predicted molar refractivity (Wildman–Crippen MR) is 92.3 cm³/mol. The number of nitrogens with zero attached hydrogens (tertiary/aromatic N) is 2. The first-order valence-electron chi connectivity index (χ1n) is 7.62. The molecule has 3 rings (SSSR count). The predicted octanol–water partition coefficient (Wildman–Crippen LogP) is 2.86. The molecule has 1 fully saturated rings. The number of carbonyl (C=O) groups excluding carboxylic acids is 2. The van der Waals surface area contributed by atoms with Crippen LogP contribution in [0.5, 0.6) is 0 Å². The highest BCUT2D eigenvalue weighted by molar-refractivity contribution is 7.13. The lowest BCUT2D eigenvalue weighted by Crippen LogP contribution is -2.49. The Labute approximate surface area is 143 Å². The zero-order valence-corrected chi connectivity index (χ0v) is 14.8. The normalized spacial score (nSPS) is 18.0. The first-order chi connectivity index (χ1) is 11.0. The molecule has 0 aromatic carbocycles. The summed E-state index contributed by atoms with van der Waals surface area (Å²) < 4.78 is 0. The Bertz CT molecular complexity index is 709. The monoisotopic (exact) mass is 349 g/mol. The van der Waals surface area contributed by atoms with Gasteiger partial charge < -0.3 is 10.2 Å². The van der Waals surface area contributed by atoms with Gasteiger partial charge in [0.1, 0.15) is 4.88 Å². The van der Waals surface area contributed by atoms with Gasteiger partial charge in [0.15, 0.2) is 0 Å². The Morgan fingerprint density at radius 2 is 2.22 bits per heavy atom. The second-order valence-electron chi connectivity index (χ2n) is 5.69. The number of likely N-dealkylation sites (tertiary alicyclic amines) is 1. The van der Waals surface area contributed by atoms with Crippen molar-refractivity contribution in [1.29, 1.82) is 0 Å². The summed E-state index contributed by atoms with van der Waals surface area (Å²) in [6.45, 7) is 5.07. The first kappa shape index (κ1) is 16.1.